The van der Waals surface area contributed by atoms with Gasteiger partial charge in [0.2, 0.25) is 5.91 Å². The Hall–Kier alpha value is -2.58. The van der Waals surface area contributed by atoms with Gasteiger partial charge in [0.15, 0.2) is 9.84 Å². The summed E-state index contributed by atoms with van der Waals surface area (Å²) in [4.78, 5) is 15.5. The lowest BCUT2D eigenvalue weighted by Gasteiger charge is -2.35. The molecule has 0 saturated carbocycles. The van der Waals surface area contributed by atoms with E-state index in [1.807, 2.05) is 48.5 Å². The van der Waals surface area contributed by atoms with E-state index in [9.17, 15) is 13.2 Å². The second-order valence-electron chi connectivity index (χ2n) is 9.25. The van der Waals surface area contributed by atoms with Crippen molar-refractivity contribution in [3.8, 4) is 11.5 Å². The van der Waals surface area contributed by atoms with E-state index in [0.29, 0.717) is 12.8 Å². The number of piperidine rings is 1. The van der Waals surface area contributed by atoms with Crippen LogP contribution in [0.1, 0.15) is 36.4 Å². The van der Waals surface area contributed by atoms with Crippen LogP contribution in [0.5, 0.6) is 11.5 Å². The van der Waals surface area contributed by atoms with E-state index in [2.05, 4.69) is 10.2 Å². The minimum atomic E-state index is -2.90. The normalized spacial score (nSPS) is 21.6. The second-order valence-corrected chi connectivity index (χ2v) is 11.5. The van der Waals surface area contributed by atoms with Gasteiger partial charge in [-0.2, -0.15) is 0 Å². The molecule has 0 unspecified atom stereocenters. The Labute approximate surface area is 202 Å². The Balaban J connectivity index is 1.41. The molecule has 0 aromatic heterocycles. The van der Waals surface area contributed by atoms with Crippen molar-refractivity contribution in [3.05, 3.63) is 59.7 Å². The minimum absolute atomic E-state index is 0.0630. The summed E-state index contributed by atoms with van der Waals surface area (Å²) in [7, 11) is 0.385. The number of nitrogens with zero attached hydrogens (tertiary/aromatic N) is 1. The number of sulfone groups is 1. The molecule has 4 rings (SSSR count). The predicted octanol–water partition coefficient (Wildman–Crippen LogP) is 3.00. The maximum Gasteiger partial charge on any atom is 0.223 e. The monoisotopic (exact) mass is 486 g/mol. The summed E-state index contributed by atoms with van der Waals surface area (Å²) < 4.78 is 34.2. The van der Waals surface area contributed by atoms with Crippen molar-refractivity contribution in [2.45, 2.75) is 37.8 Å². The number of hydrogen-bond acceptors (Lipinski definition) is 6. The van der Waals surface area contributed by atoms with E-state index >= 15 is 0 Å². The highest BCUT2D eigenvalue weighted by molar-refractivity contribution is 7.91. The number of methoxy groups -OCH3 is 2. The molecule has 2 heterocycles. The van der Waals surface area contributed by atoms with Gasteiger partial charge in [0, 0.05) is 12.0 Å². The van der Waals surface area contributed by atoms with Crippen LogP contribution in [0.2, 0.25) is 0 Å². The van der Waals surface area contributed by atoms with Crippen molar-refractivity contribution < 1.29 is 22.7 Å². The van der Waals surface area contributed by atoms with Crippen molar-refractivity contribution in [2.24, 2.45) is 5.92 Å². The number of carbonyl (C=O) groups is 1. The summed E-state index contributed by atoms with van der Waals surface area (Å²) in [6.07, 6.45) is 2.88. The zero-order valence-electron chi connectivity index (χ0n) is 19.9. The average Bonchev–Trinajstić information content (AvgIpc) is 3.23. The summed E-state index contributed by atoms with van der Waals surface area (Å²) >= 11 is 0. The first-order valence-corrected chi connectivity index (χ1v) is 13.7. The Kier molecular flexibility index (Phi) is 7.78. The van der Waals surface area contributed by atoms with E-state index in [1.54, 1.807) is 14.2 Å². The van der Waals surface area contributed by atoms with Crippen LogP contribution in [0.15, 0.2) is 48.5 Å². The molecule has 7 nitrogen and oxygen atoms in total. The van der Waals surface area contributed by atoms with Gasteiger partial charge in [-0.25, -0.2) is 8.42 Å². The molecule has 0 spiro atoms. The number of carbonyl (C=O) groups excluding carboxylic acids is 1. The smallest absolute Gasteiger partial charge is 0.223 e. The quantitative estimate of drug-likeness (QED) is 0.618. The van der Waals surface area contributed by atoms with Gasteiger partial charge in [-0.15, -0.1) is 0 Å². The lowest BCUT2D eigenvalue weighted by Crippen LogP contribution is -2.46. The molecule has 2 fully saturated rings. The summed E-state index contributed by atoms with van der Waals surface area (Å²) in [6, 6.07) is 15.7. The SMILES string of the molecule is COc1ccc(C[C@H](NC(=O)C2CCN([C@H]3CCS(=O)(=O)C3)CC2)c2ccc(OC)cc2)cc1. The molecule has 2 aliphatic heterocycles. The number of rotatable bonds is 8. The van der Waals surface area contributed by atoms with Crippen LogP contribution >= 0.6 is 0 Å². The fourth-order valence-corrected chi connectivity index (χ4v) is 6.73. The molecule has 1 amide bonds. The fraction of sp³-hybridized carbons (Fsp3) is 0.500. The number of benzene rings is 2. The van der Waals surface area contributed by atoms with Crippen molar-refractivity contribution in [1.29, 1.82) is 0 Å². The molecule has 8 heteroatoms. The lowest BCUT2D eigenvalue weighted by molar-refractivity contribution is -0.127. The van der Waals surface area contributed by atoms with Gasteiger partial charge in [0.25, 0.3) is 0 Å². The van der Waals surface area contributed by atoms with Gasteiger partial charge in [-0.1, -0.05) is 24.3 Å². The van der Waals surface area contributed by atoms with Crippen LogP contribution in [-0.4, -0.2) is 64.1 Å². The number of hydrogen-bond donors (Lipinski definition) is 1. The zero-order chi connectivity index (χ0) is 24.1. The zero-order valence-corrected chi connectivity index (χ0v) is 20.7. The molecule has 0 bridgehead atoms. The first kappa shape index (κ1) is 24.5. The van der Waals surface area contributed by atoms with Gasteiger partial charge >= 0.3 is 0 Å². The van der Waals surface area contributed by atoms with Crippen molar-refractivity contribution in [2.75, 3.05) is 38.8 Å². The molecular weight excluding hydrogens is 452 g/mol. The van der Waals surface area contributed by atoms with E-state index in [4.69, 9.17) is 9.47 Å². The molecule has 0 aliphatic carbocycles. The maximum absolute atomic E-state index is 13.3. The Bertz CT molecular complexity index is 1060. The highest BCUT2D eigenvalue weighted by Crippen LogP contribution is 2.27. The van der Waals surface area contributed by atoms with Crippen LogP contribution in [0.3, 0.4) is 0 Å². The molecule has 2 aromatic carbocycles. The number of nitrogens with one attached hydrogen (secondary N) is 1. The van der Waals surface area contributed by atoms with Gasteiger partial charge in [0.1, 0.15) is 11.5 Å². The molecule has 2 saturated heterocycles. The predicted molar refractivity (Wildman–Crippen MR) is 132 cm³/mol. The van der Waals surface area contributed by atoms with Crippen LogP contribution in [-0.2, 0) is 21.1 Å². The molecular formula is C26H34N2O5S. The van der Waals surface area contributed by atoms with Gasteiger partial charge in [-0.05, 0) is 74.2 Å². The molecule has 2 aliphatic rings. The molecule has 1 N–H and O–H groups in total. The van der Waals surface area contributed by atoms with Crippen molar-refractivity contribution in [3.63, 3.8) is 0 Å². The van der Waals surface area contributed by atoms with E-state index in [0.717, 1.165) is 48.6 Å². The third-order valence-electron chi connectivity index (χ3n) is 7.06. The molecule has 184 valence electrons. The summed E-state index contributed by atoms with van der Waals surface area (Å²) in [5.74, 6) is 2.12. The van der Waals surface area contributed by atoms with Crippen LogP contribution in [0.25, 0.3) is 0 Å². The van der Waals surface area contributed by atoms with E-state index in [-0.39, 0.29) is 35.4 Å². The maximum atomic E-state index is 13.3. The fourth-order valence-electron chi connectivity index (χ4n) is 4.97. The lowest BCUT2D eigenvalue weighted by atomic mass is 9.92. The molecule has 34 heavy (non-hydrogen) atoms. The van der Waals surface area contributed by atoms with Crippen molar-refractivity contribution in [1.82, 2.24) is 10.2 Å². The van der Waals surface area contributed by atoms with E-state index < -0.39 is 9.84 Å². The highest BCUT2D eigenvalue weighted by atomic mass is 32.2. The van der Waals surface area contributed by atoms with E-state index in [1.165, 1.54) is 0 Å². The van der Waals surface area contributed by atoms with Gasteiger partial charge in [0.05, 0.1) is 31.8 Å². The standard InChI is InChI=1S/C26H34N2O5S/c1-32-23-7-3-19(4-8-23)17-25(20-5-9-24(33-2)10-6-20)27-26(29)21-11-14-28(15-12-21)22-13-16-34(30,31)18-22/h3-10,21-22,25H,11-18H2,1-2H3,(H,27,29)/t22-,25-/m0/s1. The molecule has 0 radical (unpaired) electrons. The second kappa shape index (κ2) is 10.8. The number of likely N-dealkylation sites (tertiary alicyclic amines) is 1. The van der Waals surface area contributed by atoms with Crippen LogP contribution in [0, 0.1) is 5.92 Å². The largest absolute Gasteiger partial charge is 0.497 e. The first-order valence-electron chi connectivity index (χ1n) is 11.9. The van der Waals surface area contributed by atoms with Gasteiger partial charge < -0.3 is 14.8 Å². The number of amides is 1. The Morgan fingerprint density at radius 1 is 0.971 bits per heavy atom. The van der Waals surface area contributed by atoms with Crippen LogP contribution < -0.4 is 14.8 Å². The molecule has 2 atom stereocenters. The average molecular weight is 487 g/mol. The van der Waals surface area contributed by atoms with Crippen molar-refractivity contribution >= 4 is 15.7 Å². The highest BCUT2D eigenvalue weighted by Gasteiger charge is 2.35. The summed E-state index contributed by atoms with van der Waals surface area (Å²) in [5, 5.41) is 3.29. The Morgan fingerprint density at radius 2 is 1.56 bits per heavy atom. The number of ether oxygens (including phenoxy) is 2. The summed E-state index contributed by atoms with van der Waals surface area (Å²) in [5.41, 5.74) is 2.14. The van der Waals surface area contributed by atoms with Crippen LogP contribution in [0.4, 0.5) is 0 Å². The first-order chi connectivity index (χ1) is 16.4. The third-order valence-corrected chi connectivity index (χ3v) is 8.81. The third kappa shape index (κ3) is 6.10. The minimum Gasteiger partial charge on any atom is -0.497 e. The molecule has 2 aromatic rings. The topological polar surface area (TPSA) is 84.9 Å². The Morgan fingerprint density at radius 3 is 2.09 bits per heavy atom. The van der Waals surface area contributed by atoms with Gasteiger partial charge in [-0.3, -0.25) is 9.69 Å². The summed E-state index contributed by atoms with van der Waals surface area (Å²) in [6.45, 7) is 1.54.